The first-order valence-corrected chi connectivity index (χ1v) is 10.2. The predicted molar refractivity (Wildman–Crippen MR) is 114 cm³/mol. The monoisotopic (exact) mass is 471 g/mol. The van der Waals surface area contributed by atoms with Gasteiger partial charge in [-0.15, -0.1) is 15.3 Å². The van der Waals surface area contributed by atoms with Crippen molar-refractivity contribution in [2.24, 2.45) is 12.1 Å². The molecule has 170 valence electrons. The molecule has 0 saturated carbocycles. The lowest BCUT2D eigenvalue weighted by Crippen LogP contribution is -2.20. The molecule has 0 aliphatic rings. The van der Waals surface area contributed by atoms with Gasteiger partial charge in [0.05, 0.1) is 19.0 Å². The van der Waals surface area contributed by atoms with Crippen LogP contribution in [0.5, 0.6) is 11.5 Å². The molecule has 3 heterocycles. The quantitative estimate of drug-likeness (QED) is 0.179. The number of carbonyl (C=O) groups is 1. The summed E-state index contributed by atoms with van der Waals surface area (Å²) in [7, 11) is 3.22. The zero-order valence-electron chi connectivity index (χ0n) is 17.3. The van der Waals surface area contributed by atoms with E-state index in [1.807, 2.05) is 0 Å². The van der Waals surface area contributed by atoms with E-state index in [-0.39, 0.29) is 34.6 Å². The molecule has 4 N–H and O–H groups in total. The number of hydrazone groups is 1. The lowest BCUT2D eigenvalue weighted by atomic mass is 10.2. The van der Waals surface area contributed by atoms with Gasteiger partial charge >= 0.3 is 0 Å². The minimum Gasteiger partial charge on any atom is -0.504 e. The van der Waals surface area contributed by atoms with Crippen molar-refractivity contribution in [3.05, 3.63) is 41.5 Å². The van der Waals surface area contributed by atoms with Gasteiger partial charge in [0.15, 0.2) is 22.3 Å². The minimum absolute atomic E-state index is 0.00694. The van der Waals surface area contributed by atoms with E-state index in [0.717, 1.165) is 0 Å². The number of aromatic hydroxyl groups is 1. The Morgan fingerprint density at radius 3 is 2.94 bits per heavy atom. The van der Waals surface area contributed by atoms with E-state index in [4.69, 9.17) is 10.5 Å². The standard InChI is InChI=1S/C17H17N11O4S/c1-27-8-20-23-17(27)33-7-10-13(21-26-28(10)15-14(18)24-32-25-15)16(30)22-19-6-9-3-4-11(29)12(5-9)31-2/h3-6,8,29H,7H2,1-2H3,(H2,18,24)(H,22,30)/b19-6+. The number of nitrogens with one attached hydrogen (secondary N) is 1. The largest absolute Gasteiger partial charge is 0.504 e. The molecule has 15 nitrogen and oxygen atoms in total. The average Bonchev–Trinajstić information content (AvgIpc) is 3.52. The molecule has 0 spiro atoms. The summed E-state index contributed by atoms with van der Waals surface area (Å²) in [6.45, 7) is 0. The highest BCUT2D eigenvalue weighted by Crippen LogP contribution is 2.26. The van der Waals surface area contributed by atoms with Crippen LogP contribution in [-0.4, -0.2) is 64.4 Å². The number of phenolic OH excluding ortho intramolecular Hbond substituents is 1. The van der Waals surface area contributed by atoms with E-state index in [1.165, 1.54) is 35.8 Å². The fourth-order valence-corrected chi connectivity index (χ4v) is 3.53. The van der Waals surface area contributed by atoms with Crippen molar-refractivity contribution in [1.29, 1.82) is 0 Å². The highest BCUT2D eigenvalue weighted by molar-refractivity contribution is 7.98. The molecule has 16 heteroatoms. The normalized spacial score (nSPS) is 11.2. The molecule has 0 saturated heterocycles. The number of phenols is 1. The number of carbonyl (C=O) groups excluding carboxylic acids is 1. The van der Waals surface area contributed by atoms with Gasteiger partial charge in [-0.3, -0.25) is 4.79 Å². The Morgan fingerprint density at radius 1 is 1.39 bits per heavy atom. The number of hydrogen-bond donors (Lipinski definition) is 3. The molecular formula is C17H17N11O4S. The minimum atomic E-state index is -0.619. The first-order chi connectivity index (χ1) is 16.0. The average molecular weight is 471 g/mol. The van der Waals surface area contributed by atoms with Gasteiger partial charge in [0.25, 0.3) is 5.91 Å². The number of amides is 1. The van der Waals surface area contributed by atoms with Crippen LogP contribution in [0.25, 0.3) is 5.82 Å². The fourth-order valence-electron chi connectivity index (χ4n) is 2.64. The van der Waals surface area contributed by atoms with Crippen LogP contribution in [0.2, 0.25) is 0 Å². The second kappa shape index (κ2) is 9.35. The topological polar surface area (TPSA) is 197 Å². The lowest BCUT2D eigenvalue weighted by Gasteiger charge is -2.05. The molecule has 1 amide bonds. The highest BCUT2D eigenvalue weighted by Gasteiger charge is 2.24. The van der Waals surface area contributed by atoms with Crippen molar-refractivity contribution in [2.45, 2.75) is 10.9 Å². The molecule has 0 bridgehead atoms. The van der Waals surface area contributed by atoms with E-state index >= 15 is 0 Å². The summed E-state index contributed by atoms with van der Waals surface area (Å²) in [4.78, 5) is 12.8. The molecule has 0 radical (unpaired) electrons. The second-order valence-electron chi connectivity index (χ2n) is 6.41. The van der Waals surface area contributed by atoms with Crippen molar-refractivity contribution in [2.75, 3.05) is 12.8 Å². The van der Waals surface area contributed by atoms with Crippen molar-refractivity contribution in [3.63, 3.8) is 0 Å². The number of ether oxygens (including phenoxy) is 1. The van der Waals surface area contributed by atoms with Crippen molar-refractivity contribution in [1.82, 2.24) is 45.5 Å². The Labute approximate surface area is 189 Å². The summed E-state index contributed by atoms with van der Waals surface area (Å²) in [5.74, 6) is -0.0530. The first-order valence-electron chi connectivity index (χ1n) is 9.18. The molecule has 0 aliphatic heterocycles. The summed E-state index contributed by atoms with van der Waals surface area (Å²) in [5, 5.41) is 37.2. The van der Waals surface area contributed by atoms with E-state index < -0.39 is 5.91 Å². The summed E-state index contributed by atoms with van der Waals surface area (Å²) in [6.07, 6.45) is 2.94. The molecular weight excluding hydrogens is 454 g/mol. The molecule has 1 aromatic carbocycles. The molecule has 0 unspecified atom stereocenters. The third-order valence-corrected chi connectivity index (χ3v) is 5.31. The Kier molecular flexibility index (Phi) is 6.16. The first kappa shape index (κ1) is 21.8. The van der Waals surface area contributed by atoms with Crippen LogP contribution in [0.4, 0.5) is 5.82 Å². The van der Waals surface area contributed by atoms with E-state index in [0.29, 0.717) is 16.4 Å². The van der Waals surface area contributed by atoms with Gasteiger partial charge in [0.2, 0.25) is 11.6 Å². The Bertz CT molecular complexity index is 1310. The maximum absolute atomic E-state index is 12.8. The van der Waals surface area contributed by atoms with Gasteiger partial charge in [0, 0.05) is 12.8 Å². The van der Waals surface area contributed by atoms with Crippen LogP contribution < -0.4 is 15.9 Å². The Hall–Kier alpha value is -4.47. The van der Waals surface area contributed by atoms with E-state index in [9.17, 15) is 9.90 Å². The number of rotatable bonds is 8. The predicted octanol–water partition coefficient (Wildman–Crippen LogP) is 0.131. The number of nitrogens with zero attached hydrogens (tertiary/aromatic N) is 9. The second-order valence-corrected chi connectivity index (χ2v) is 7.36. The molecule has 4 aromatic rings. The fraction of sp³-hybridized carbons (Fsp3) is 0.176. The number of anilines is 1. The smallest absolute Gasteiger partial charge is 0.293 e. The molecule has 3 aromatic heterocycles. The third kappa shape index (κ3) is 4.59. The number of nitrogens with two attached hydrogens (primary N) is 1. The van der Waals surface area contributed by atoms with E-state index in [2.05, 4.69) is 46.0 Å². The number of aromatic nitrogens is 8. The maximum atomic E-state index is 12.8. The summed E-state index contributed by atoms with van der Waals surface area (Å²) >= 11 is 1.30. The van der Waals surface area contributed by atoms with Crippen molar-refractivity contribution < 1.29 is 19.3 Å². The van der Waals surface area contributed by atoms with Crippen LogP contribution in [0, 0.1) is 0 Å². The van der Waals surface area contributed by atoms with Crippen LogP contribution >= 0.6 is 11.8 Å². The SMILES string of the molecule is COc1cc(/C=N/NC(=O)c2nnn(-c3nonc3N)c2CSc2nncn2C)ccc1O. The molecule has 0 atom stereocenters. The number of thioether (sulfide) groups is 1. The van der Waals surface area contributed by atoms with Gasteiger partial charge in [-0.1, -0.05) is 17.0 Å². The lowest BCUT2D eigenvalue weighted by molar-refractivity contribution is 0.0949. The van der Waals surface area contributed by atoms with E-state index in [1.54, 1.807) is 30.1 Å². The maximum Gasteiger partial charge on any atom is 0.293 e. The molecule has 33 heavy (non-hydrogen) atoms. The molecule has 4 rings (SSSR count). The summed E-state index contributed by atoms with van der Waals surface area (Å²) in [5.41, 5.74) is 9.12. The van der Waals surface area contributed by atoms with Gasteiger partial charge in [-0.2, -0.15) is 9.78 Å². The number of methoxy groups -OCH3 is 1. The van der Waals surface area contributed by atoms with Gasteiger partial charge in [0.1, 0.15) is 6.33 Å². The van der Waals surface area contributed by atoms with Crippen LogP contribution in [0.3, 0.4) is 0 Å². The third-order valence-electron chi connectivity index (χ3n) is 4.27. The number of hydrogen-bond acceptors (Lipinski definition) is 13. The molecule has 0 fully saturated rings. The van der Waals surface area contributed by atoms with Crippen LogP contribution in [-0.2, 0) is 12.8 Å². The summed E-state index contributed by atoms with van der Waals surface area (Å²) in [6, 6.07) is 4.61. The van der Waals surface area contributed by atoms with Crippen LogP contribution in [0.15, 0.2) is 39.4 Å². The van der Waals surface area contributed by atoms with Gasteiger partial charge in [-0.05, 0) is 34.1 Å². The van der Waals surface area contributed by atoms with Gasteiger partial charge < -0.3 is 20.1 Å². The zero-order chi connectivity index (χ0) is 23.4. The number of benzene rings is 1. The Balaban J connectivity index is 1.57. The summed E-state index contributed by atoms with van der Waals surface area (Å²) < 4.78 is 12.7. The Morgan fingerprint density at radius 2 is 2.24 bits per heavy atom. The number of nitrogen functional groups attached to an aromatic ring is 1. The van der Waals surface area contributed by atoms with Crippen LogP contribution in [0.1, 0.15) is 21.7 Å². The highest BCUT2D eigenvalue weighted by atomic mass is 32.2. The van der Waals surface area contributed by atoms with Crippen molar-refractivity contribution >= 4 is 29.7 Å². The molecule has 0 aliphatic carbocycles. The van der Waals surface area contributed by atoms with Crippen molar-refractivity contribution in [3.8, 4) is 17.3 Å². The number of aryl methyl sites for hydroxylation is 1. The zero-order valence-corrected chi connectivity index (χ0v) is 18.1. The van der Waals surface area contributed by atoms with Gasteiger partial charge in [-0.25, -0.2) is 10.1 Å².